The van der Waals surface area contributed by atoms with Gasteiger partial charge in [0.2, 0.25) is 0 Å². The van der Waals surface area contributed by atoms with E-state index in [0.717, 1.165) is 0 Å². The van der Waals surface area contributed by atoms with E-state index in [2.05, 4.69) is 21.9 Å². The SMILES string of the molecule is COC(=O)C(C)NC(=O)c1sccc1C#CCN. The van der Waals surface area contributed by atoms with Crippen molar-refractivity contribution in [1.29, 1.82) is 0 Å². The van der Waals surface area contributed by atoms with Crippen LogP contribution >= 0.6 is 11.3 Å². The monoisotopic (exact) mass is 266 g/mol. The maximum absolute atomic E-state index is 11.9. The van der Waals surface area contributed by atoms with E-state index in [9.17, 15) is 9.59 Å². The molecule has 0 spiro atoms. The first kappa shape index (κ1) is 14.2. The molecule has 0 fully saturated rings. The summed E-state index contributed by atoms with van der Waals surface area (Å²) in [5.41, 5.74) is 5.89. The fourth-order valence-corrected chi connectivity index (χ4v) is 1.98. The smallest absolute Gasteiger partial charge is 0.328 e. The Morgan fingerprint density at radius 2 is 2.33 bits per heavy atom. The van der Waals surface area contributed by atoms with Crippen molar-refractivity contribution in [2.45, 2.75) is 13.0 Å². The number of ether oxygens (including phenoxy) is 1. The zero-order valence-corrected chi connectivity index (χ0v) is 11.0. The number of hydrogen-bond acceptors (Lipinski definition) is 5. The van der Waals surface area contributed by atoms with Crippen LogP contribution in [0.2, 0.25) is 0 Å². The molecular weight excluding hydrogens is 252 g/mol. The average Bonchev–Trinajstić information content (AvgIpc) is 2.83. The zero-order valence-electron chi connectivity index (χ0n) is 10.1. The maximum atomic E-state index is 11.9. The number of amides is 1. The number of methoxy groups -OCH3 is 1. The number of carbonyl (C=O) groups is 2. The van der Waals surface area contributed by atoms with E-state index in [1.54, 1.807) is 18.4 Å². The van der Waals surface area contributed by atoms with E-state index in [-0.39, 0.29) is 12.5 Å². The minimum atomic E-state index is -0.695. The third-order valence-corrected chi connectivity index (χ3v) is 3.01. The summed E-state index contributed by atoms with van der Waals surface area (Å²) in [6.07, 6.45) is 0. The van der Waals surface area contributed by atoms with Gasteiger partial charge in [-0.1, -0.05) is 11.8 Å². The molecule has 0 saturated heterocycles. The molecule has 96 valence electrons. The van der Waals surface area contributed by atoms with Crippen molar-refractivity contribution in [3.05, 3.63) is 21.9 Å². The molecule has 6 heteroatoms. The molecule has 1 atom stereocenters. The standard InChI is InChI=1S/C12H14N2O3S/c1-8(12(16)17-2)14-11(15)10-9(4-3-6-13)5-7-18-10/h5,7-8H,6,13H2,1-2H3,(H,14,15). The van der Waals surface area contributed by atoms with Gasteiger partial charge in [0, 0.05) is 5.56 Å². The van der Waals surface area contributed by atoms with E-state index in [1.165, 1.54) is 18.4 Å². The summed E-state index contributed by atoms with van der Waals surface area (Å²) in [5, 5.41) is 4.31. The first-order valence-electron chi connectivity index (χ1n) is 5.25. The molecule has 1 aromatic heterocycles. The molecule has 18 heavy (non-hydrogen) atoms. The lowest BCUT2D eigenvalue weighted by Gasteiger charge is -2.10. The summed E-state index contributed by atoms with van der Waals surface area (Å²) in [4.78, 5) is 23.6. The van der Waals surface area contributed by atoms with Crippen molar-refractivity contribution < 1.29 is 14.3 Å². The number of nitrogens with one attached hydrogen (secondary N) is 1. The van der Waals surface area contributed by atoms with Crippen molar-refractivity contribution in [2.75, 3.05) is 13.7 Å². The summed E-state index contributed by atoms with van der Waals surface area (Å²) in [7, 11) is 1.27. The molecular formula is C12H14N2O3S. The van der Waals surface area contributed by atoms with Crippen LogP contribution in [0.5, 0.6) is 0 Å². The molecule has 0 saturated carbocycles. The summed E-state index contributed by atoms with van der Waals surface area (Å²) in [6.45, 7) is 1.79. The van der Waals surface area contributed by atoms with Crippen LogP contribution in [0.4, 0.5) is 0 Å². The van der Waals surface area contributed by atoms with Crippen molar-refractivity contribution in [2.24, 2.45) is 5.73 Å². The fraction of sp³-hybridized carbons (Fsp3) is 0.333. The Morgan fingerprint density at radius 1 is 1.61 bits per heavy atom. The number of carbonyl (C=O) groups excluding carboxylic acids is 2. The Balaban J connectivity index is 2.79. The second-order valence-electron chi connectivity index (χ2n) is 3.39. The third kappa shape index (κ3) is 3.58. The molecule has 0 bridgehead atoms. The topological polar surface area (TPSA) is 81.4 Å². The highest BCUT2D eigenvalue weighted by Crippen LogP contribution is 2.15. The molecule has 0 aromatic carbocycles. The van der Waals surface area contributed by atoms with E-state index in [1.807, 2.05) is 0 Å². The Bertz CT molecular complexity index is 499. The van der Waals surface area contributed by atoms with E-state index in [0.29, 0.717) is 10.4 Å². The Morgan fingerprint density at radius 3 is 2.94 bits per heavy atom. The molecule has 1 aromatic rings. The molecule has 0 radical (unpaired) electrons. The van der Waals surface area contributed by atoms with Crippen LogP contribution < -0.4 is 11.1 Å². The summed E-state index contributed by atoms with van der Waals surface area (Å²) >= 11 is 1.26. The van der Waals surface area contributed by atoms with Gasteiger partial charge in [0.05, 0.1) is 13.7 Å². The molecule has 0 aliphatic carbocycles. The lowest BCUT2D eigenvalue weighted by molar-refractivity contribution is -0.142. The highest BCUT2D eigenvalue weighted by molar-refractivity contribution is 7.12. The number of rotatable bonds is 3. The highest BCUT2D eigenvalue weighted by Gasteiger charge is 2.19. The van der Waals surface area contributed by atoms with Crippen LogP contribution in [0, 0.1) is 11.8 Å². The number of nitrogens with two attached hydrogens (primary N) is 1. The predicted octanol–water partition coefficient (Wildman–Crippen LogP) is 0.350. The highest BCUT2D eigenvalue weighted by atomic mass is 32.1. The lowest BCUT2D eigenvalue weighted by atomic mass is 10.2. The molecule has 0 aliphatic rings. The molecule has 1 unspecified atom stereocenters. The van der Waals surface area contributed by atoms with Crippen molar-refractivity contribution in [3.63, 3.8) is 0 Å². The molecule has 3 N–H and O–H groups in total. The summed E-state index contributed by atoms with van der Waals surface area (Å²) < 4.78 is 4.53. The van der Waals surface area contributed by atoms with Crippen LogP contribution in [0.15, 0.2) is 11.4 Å². The number of esters is 1. The second kappa shape index (κ2) is 6.79. The van der Waals surface area contributed by atoms with Gasteiger partial charge in [-0.05, 0) is 18.4 Å². The van der Waals surface area contributed by atoms with E-state index >= 15 is 0 Å². The third-order valence-electron chi connectivity index (χ3n) is 2.10. The van der Waals surface area contributed by atoms with Crippen molar-refractivity contribution >= 4 is 23.2 Å². The van der Waals surface area contributed by atoms with Crippen LogP contribution in [0.3, 0.4) is 0 Å². The van der Waals surface area contributed by atoms with Gasteiger partial charge >= 0.3 is 5.97 Å². The quantitative estimate of drug-likeness (QED) is 0.611. The van der Waals surface area contributed by atoms with Gasteiger partial charge in [-0.2, -0.15) is 0 Å². The molecule has 1 amide bonds. The number of hydrogen-bond donors (Lipinski definition) is 2. The summed E-state index contributed by atoms with van der Waals surface area (Å²) in [5.74, 6) is 4.66. The first-order chi connectivity index (χ1) is 8.60. The van der Waals surface area contributed by atoms with Crippen molar-refractivity contribution in [3.8, 4) is 11.8 Å². The Hall–Kier alpha value is -1.84. The van der Waals surface area contributed by atoms with Crippen LogP contribution in [-0.2, 0) is 9.53 Å². The molecule has 1 heterocycles. The van der Waals surface area contributed by atoms with Crippen LogP contribution in [0.1, 0.15) is 22.2 Å². The lowest BCUT2D eigenvalue weighted by Crippen LogP contribution is -2.39. The molecule has 0 aliphatic heterocycles. The molecule has 5 nitrogen and oxygen atoms in total. The van der Waals surface area contributed by atoms with Gasteiger partial charge in [0.1, 0.15) is 10.9 Å². The Labute approximate surface area is 109 Å². The van der Waals surface area contributed by atoms with Gasteiger partial charge in [-0.15, -0.1) is 11.3 Å². The largest absolute Gasteiger partial charge is 0.467 e. The summed E-state index contributed by atoms with van der Waals surface area (Å²) in [6, 6.07) is 1.05. The zero-order chi connectivity index (χ0) is 13.5. The molecule has 1 rings (SSSR count). The predicted molar refractivity (Wildman–Crippen MR) is 69.2 cm³/mol. The van der Waals surface area contributed by atoms with Gasteiger partial charge in [0.15, 0.2) is 0 Å². The van der Waals surface area contributed by atoms with Crippen LogP contribution in [0.25, 0.3) is 0 Å². The maximum Gasteiger partial charge on any atom is 0.328 e. The van der Waals surface area contributed by atoms with E-state index in [4.69, 9.17) is 5.73 Å². The minimum absolute atomic E-state index is 0.232. The first-order valence-corrected chi connectivity index (χ1v) is 6.13. The van der Waals surface area contributed by atoms with Gasteiger partial charge < -0.3 is 15.8 Å². The second-order valence-corrected chi connectivity index (χ2v) is 4.30. The fourth-order valence-electron chi connectivity index (χ4n) is 1.23. The average molecular weight is 266 g/mol. The van der Waals surface area contributed by atoms with Gasteiger partial charge in [0.25, 0.3) is 5.91 Å². The van der Waals surface area contributed by atoms with Crippen molar-refractivity contribution in [1.82, 2.24) is 5.32 Å². The normalized spacial score (nSPS) is 11.1. The Kier molecular flexibility index (Phi) is 5.36. The van der Waals surface area contributed by atoms with Gasteiger partial charge in [-0.25, -0.2) is 4.79 Å². The number of thiophene rings is 1. The van der Waals surface area contributed by atoms with Crippen LogP contribution in [-0.4, -0.2) is 31.6 Å². The minimum Gasteiger partial charge on any atom is -0.467 e. The van der Waals surface area contributed by atoms with Gasteiger partial charge in [-0.3, -0.25) is 4.79 Å². The van der Waals surface area contributed by atoms with E-state index < -0.39 is 12.0 Å².